The zero-order valence-corrected chi connectivity index (χ0v) is 16.1. The Balaban J connectivity index is 1.31. The number of carbonyl (C=O) groups excluding carboxylic acids is 1. The van der Waals surface area contributed by atoms with Gasteiger partial charge in [-0.15, -0.1) is 0 Å². The minimum absolute atomic E-state index is 0.294. The highest BCUT2D eigenvalue weighted by Gasteiger charge is 2.22. The number of halogens is 1. The average Bonchev–Trinajstić information content (AvgIpc) is 2.69. The van der Waals surface area contributed by atoms with Crippen molar-refractivity contribution in [2.75, 3.05) is 52.5 Å². The molecule has 1 aromatic rings. The highest BCUT2D eigenvalue weighted by atomic mass is 35.5. The van der Waals surface area contributed by atoms with Gasteiger partial charge in [0.25, 0.3) is 0 Å². The van der Waals surface area contributed by atoms with E-state index < -0.39 is 0 Å². The first-order valence-electron chi connectivity index (χ1n) is 9.67. The molecule has 26 heavy (non-hydrogen) atoms. The first kappa shape index (κ1) is 19.5. The van der Waals surface area contributed by atoms with Crippen molar-refractivity contribution in [3.05, 3.63) is 29.3 Å². The van der Waals surface area contributed by atoms with Crippen molar-refractivity contribution in [1.82, 2.24) is 9.80 Å². The molecular formula is C20H29ClN2O3. The summed E-state index contributed by atoms with van der Waals surface area (Å²) in [7, 11) is 0. The molecule has 5 nitrogen and oxygen atoms in total. The van der Waals surface area contributed by atoms with E-state index >= 15 is 0 Å². The minimum Gasteiger partial charge on any atom is -0.491 e. The van der Waals surface area contributed by atoms with Crippen LogP contribution in [0, 0.1) is 5.92 Å². The SMILES string of the molecule is O=C(CC[C@H]1CCCOC1)N1CCN(CCOc2ccccc2Cl)CC1. The Labute approximate surface area is 161 Å². The summed E-state index contributed by atoms with van der Waals surface area (Å²) in [6, 6.07) is 7.54. The fraction of sp³-hybridized carbons (Fsp3) is 0.650. The second-order valence-corrected chi connectivity index (χ2v) is 7.53. The van der Waals surface area contributed by atoms with Gasteiger partial charge < -0.3 is 14.4 Å². The molecule has 0 N–H and O–H groups in total. The van der Waals surface area contributed by atoms with E-state index in [1.807, 2.05) is 29.2 Å². The number of benzene rings is 1. The number of ether oxygens (including phenoxy) is 2. The van der Waals surface area contributed by atoms with E-state index in [9.17, 15) is 4.79 Å². The molecule has 0 unspecified atom stereocenters. The third-order valence-corrected chi connectivity index (χ3v) is 5.56. The smallest absolute Gasteiger partial charge is 0.222 e. The van der Waals surface area contributed by atoms with Gasteiger partial charge in [-0.3, -0.25) is 9.69 Å². The van der Waals surface area contributed by atoms with E-state index in [4.69, 9.17) is 21.1 Å². The van der Waals surface area contributed by atoms with Crippen molar-refractivity contribution in [3.8, 4) is 5.75 Å². The maximum Gasteiger partial charge on any atom is 0.222 e. The van der Waals surface area contributed by atoms with E-state index in [2.05, 4.69) is 4.90 Å². The lowest BCUT2D eigenvalue weighted by molar-refractivity contribution is -0.133. The Morgan fingerprint density at radius 2 is 2.04 bits per heavy atom. The largest absolute Gasteiger partial charge is 0.491 e. The molecule has 2 heterocycles. The van der Waals surface area contributed by atoms with Crippen LogP contribution in [-0.2, 0) is 9.53 Å². The fourth-order valence-electron chi connectivity index (χ4n) is 3.59. The van der Waals surface area contributed by atoms with Crippen LogP contribution in [-0.4, -0.2) is 68.3 Å². The van der Waals surface area contributed by atoms with Gasteiger partial charge in [0.2, 0.25) is 5.91 Å². The van der Waals surface area contributed by atoms with Crippen LogP contribution < -0.4 is 4.74 Å². The number of hydrogen-bond acceptors (Lipinski definition) is 4. The molecule has 144 valence electrons. The molecule has 2 saturated heterocycles. The molecule has 0 aliphatic carbocycles. The van der Waals surface area contributed by atoms with E-state index in [0.717, 1.165) is 64.5 Å². The lowest BCUT2D eigenvalue weighted by Crippen LogP contribution is -2.49. The Hall–Kier alpha value is -1.30. The van der Waals surface area contributed by atoms with Gasteiger partial charge in [0.05, 0.1) is 5.02 Å². The van der Waals surface area contributed by atoms with Crippen molar-refractivity contribution in [3.63, 3.8) is 0 Å². The summed E-state index contributed by atoms with van der Waals surface area (Å²) in [5.74, 6) is 1.59. The van der Waals surface area contributed by atoms with Crippen molar-refractivity contribution in [1.29, 1.82) is 0 Å². The maximum atomic E-state index is 12.4. The highest BCUT2D eigenvalue weighted by molar-refractivity contribution is 6.32. The zero-order chi connectivity index (χ0) is 18.2. The molecule has 1 atom stereocenters. The lowest BCUT2D eigenvalue weighted by Gasteiger charge is -2.35. The number of piperazine rings is 1. The number of hydrogen-bond donors (Lipinski definition) is 0. The summed E-state index contributed by atoms with van der Waals surface area (Å²) in [6.45, 7) is 6.61. The summed E-state index contributed by atoms with van der Waals surface area (Å²) in [5.41, 5.74) is 0. The normalized spacial score (nSPS) is 21.6. The van der Waals surface area contributed by atoms with Crippen molar-refractivity contribution in [2.24, 2.45) is 5.92 Å². The molecule has 0 saturated carbocycles. The standard InChI is InChI=1S/C20H29ClN2O3/c21-18-5-1-2-6-19(18)26-15-13-22-9-11-23(12-10-22)20(24)8-7-17-4-3-14-25-16-17/h1-2,5-6,17H,3-4,7-16H2/t17-/m1/s1. The van der Waals surface area contributed by atoms with Crippen LogP contribution in [0.15, 0.2) is 24.3 Å². The van der Waals surface area contributed by atoms with E-state index in [-0.39, 0.29) is 0 Å². The van der Waals surface area contributed by atoms with E-state index in [1.165, 1.54) is 6.42 Å². The molecule has 2 aliphatic rings. The maximum absolute atomic E-state index is 12.4. The lowest BCUT2D eigenvalue weighted by atomic mass is 9.96. The molecule has 2 fully saturated rings. The summed E-state index contributed by atoms with van der Waals surface area (Å²) < 4.78 is 11.3. The third-order valence-electron chi connectivity index (χ3n) is 5.25. The van der Waals surface area contributed by atoms with Crippen molar-refractivity contribution in [2.45, 2.75) is 25.7 Å². The number of amides is 1. The molecular weight excluding hydrogens is 352 g/mol. The summed E-state index contributed by atoms with van der Waals surface area (Å²) in [6.07, 6.45) is 3.95. The second kappa shape index (κ2) is 10.1. The van der Waals surface area contributed by atoms with Crippen LogP contribution in [0.2, 0.25) is 5.02 Å². The van der Waals surface area contributed by atoms with Crippen LogP contribution in [0.25, 0.3) is 0 Å². The number of carbonyl (C=O) groups is 1. The molecule has 0 radical (unpaired) electrons. The number of rotatable bonds is 7. The Bertz CT molecular complexity index is 570. The predicted molar refractivity (Wildman–Crippen MR) is 103 cm³/mol. The van der Waals surface area contributed by atoms with Crippen LogP contribution >= 0.6 is 11.6 Å². The van der Waals surface area contributed by atoms with Gasteiger partial charge >= 0.3 is 0 Å². The monoisotopic (exact) mass is 380 g/mol. The molecule has 0 aromatic heterocycles. The van der Waals surface area contributed by atoms with E-state index in [0.29, 0.717) is 29.9 Å². The molecule has 1 amide bonds. The van der Waals surface area contributed by atoms with Crippen molar-refractivity contribution < 1.29 is 14.3 Å². The fourth-order valence-corrected chi connectivity index (χ4v) is 3.78. The van der Waals surface area contributed by atoms with Crippen LogP contribution in [0.5, 0.6) is 5.75 Å². The molecule has 1 aromatic carbocycles. The minimum atomic E-state index is 0.294. The first-order chi connectivity index (χ1) is 12.7. The zero-order valence-electron chi connectivity index (χ0n) is 15.4. The molecule has 6 heteroatoms. The molecule has 0 bridgehead atoms. The van der Waals surface area contributed by atoms with Gasteiger partial charge in [-0.1, -0.05) is 23.7 Å². The van der Waals surface area contributed by atoms with E-state index in [1.54, 1.807) is 0 Å². The van der Waals surface area contributed by atoms with Gasteiger partial charge in [0.15, 0.2) is 0 Å². The third kappa shape index (κ3) is 5.86. The summed E-state index contributed by atoms with van der Waals surface area (Å²) in [5, 5.41) is 0.645. The van der Waals surface area contributed by atoms with Gasteiger partial charge in [-0.05, 0) is 37.3 Å². The highest BCUT2D eigenvalue weighted by Crippen LogP contribution is 2.23. The molecule has 0 spiro atoms. The predicted octanol–water partition coefficient (Wildman–Crippen LogP) is 3.07. The van der Waals surface area contributed by atoms with Gasteiger partial charge in [-0.25, -0.2) is 0 Å². The van der Waals surface area contributed by atoms with Gasteiger partial charge in [0, 0.05) is 52.4 Å². The van der Waals surface area contributed by atoms with Crippen LogP contribution in [0.1, 0.15) is 25.7 Å². The Kier molecular flexibility index (Phi) is 7.59. The van der Waals surface area contributed by atoms with Gasteiger partial charge in [-0.2, -0.15) is 0 Å². The quantitative estimate of drug-likeness (QED) is 0.729. The number of para-hydroxylation sites is 1. The molecule has 2 aliphatic heterocycles. The first-order valence-corrected chi connectivity index (χ1v) is 10.1. The topological polar surface area (TPSA) is 42.0 Å². The van der Waals surface area contributed by atoms with Gasteiger partial charge in [0.1, 0.15) is 12.4 Å². The average molecular weight is 381 g/mol. The second-order valence-electron chi connectivity index (χ2n) is 7.12. The Morgan fingerprint density at radius 3 is 2.77 bits per heavy atom. The molecule has 3 rings (SSSR count). The number of nitrogens with zero attached hydrogens (tertiary/aromatic N) is 2. The van der Waals surface area contributed by atoms with Crippen LogP contribution in [0.4, 0.5) is 0 Å². The van der Waals surface area contributed by atoms with Crippen LogP contribution in [0.3, 0.4) is 0 Å². The Morgan fingerprint density at radius 1 is 1.23 bits per heavy atom. The summed E-state index contributed by atoms with van der Waals surface area (Å²) >= 11 is 6.09. The summed E-state index contributed by atoms with van der Waals surface area (Å²) in [4.78, 5) is 16.8. The van der Waals surface area contributed by atoms with Crippen molar-refractivity contribution >= 4 is 17.5 Å².